The van der Waals surface area contributed by atoms with Gasteiger partial charge in [0.1, 0.15) is 4.21 Å². The molecule has 1 N–H and O–H groups in total. The van der Waals surface area contributed by atoms with Crippen LogP contribution in [0, 0.1) is 6.92 Å². The van der Waals surface area contributed by atoms with E-state index in [1.807, 2.05) is 0 Å². The van der Waals surface area contributed by atoms with Crippen molar-refractivity contribution in [3.05, 3.63) is 29.1 Å². The first-order chi connectivity index (χ1) is 10.0. The Morgan fingerprint density at radius 3 is 2.86 bits per heavy atom. The minimum Gasteiger partial charge on any atom is -0.492 e. The van der Waals surface area contributed by atoms with Gasteiger partial charge in [-0.1, -0.05) is 6.07 Å². The lowest BCUT2D eigenvalue weighted by Crippen LogP contribution is -2.12. The van der Waals surface area contributed by atoms with Crippen LogP contribution in [0.25, 0.3) is 0 Å². The molecule has 112 valence electrons. The Hall–Kier alpha value is -1.93. The first-order valence-electron chi connectivity index (χ1n) is 6.06. The molecule has 0 spiro atoms. The fraction of sp³-hybridized carbons (Fsp3) is 0.231. The maximum atomic E-state index is 12.3. The van der Waals surface area contributed by atoms with Gasteiger partial charge in [-0.15, -0.1) is 11.3 Å². The van der Waals surface area contributed by atoms with Crippen molar-refractivity contribution < 1.29 is 22.6 Å². The highest BCUT2D eigenvalue weighted by molar-refractivity contribution is 7.94. The molecule has 0 saturated carbocycles. The van der Waals surface area contributed by atoms with Crippen LogP contribution in [0.2, 0.25) is 0 Å². The SMILES string of the molecule is COc1c(C)c(NS(=O)(=O)c2cccs2)cc2c1OCO2. The topological polar surface area (TPSA) is 73.9 Å². The molecule has 0 unspecified atom stereocenters. The Kier molecular flexibility index (Phi) is 3.42. The Labute approximate surface area is 126 Å². The Bertz CT molecular complexity index is 768. The van der Waals surface area contributed by atoms with Crippen LogP contribution in [0.1, 0.15) is 5.56 Å². The van der Waals surface area contributed by atoms with Crippen molar-refractivity contribution in [2.24, 2.45) is 0 Å². The van der Waals surface area contributed by atoms with E-state index in [0.717, 1.165) is 11.3 Å². The normalized spacial score (nSPS) is 13.2. The van der Waals surface area contributed by atoms with Gasteiger partial charge in [0, 0.05) is 11.6 Å². The maximum absolute atomic E-state index is 12.3. The quantitative estimate of drug-likeness (QED) is 0.934. The van der Waals surface area contributed by atoms with Gasteiger partial charge >= 0.3 is 0 Å². The van der Waals surface area contributed by atoms with Crippen molar-refractivity contribution in [2.75, 3.05) is 18.6 Å². The average Bonchev–Trinajstić information content (AvgIpc) is 3.09. The van der Waals surface area contributed by atoms with Crippen LogP contribution in [-0.2, 0) is 10.0 Å². The molecule has 8 heteroatoms. The molecule has 1 aromatic carbocycles. The average molecular weight is 327 g/mol. The van der Waals surface area contributed by atoms with Gasteiger partial charge in [-0.25, -0.2) is 8.42 Å². The lowest BCUT2D eigenvalue weighted by molar-refractivity contribution is 0.171. The third-order valence-corrected chi connectivity index (χ3v) is 5.84. The molecule has 0 fully saturated rings. The summed E-state index contributed by atoms with van der Waals surface area (Å²) in [6.07, 6.45) is 0. The molecular formula is C13H13NO5S2. The fourth-order valence-corrected chi connectivity index (χ4v) is 4.18. The third kappa shape index (κ3) is 2.40. The van der Waals surface area contributed by atoms with Crippen LogP contribution in [-0.4, -0.2) is 22.3 Å². The third-order valence-electron chi connectivity index (χ3n) is 3.08. The van der Waals surface area contributed by atoms with Gasteiger partial charge in [-0.05, 0) is 18.4 Å². The zero-order chi connectivity index (χ0) is 15.0. The molecule has 0 bridgehead atoms. The molecule has 0 amide bonds. The number of fused-ring (bicyclic) bond motifs is 1. The molecule has 6 nitrogen and oxygen atoms in total. The molecule has 1 aliphatic heterocycles. The summed E-state index contributed by atoms with van der Waals surface area (Å²) in [7, 11) is -2.12. The van der Waals surface area contributed by atoms with E-state index < -0.39 is 10.0 Å². The Morgan fingerprint density at radius 1 is 1.38 bits per heavy atom. The van der Waals surface area contributed by atoms with Gasteiger partial charge < -0.3 is 14.2 Å². The zero-order valence-corrected chi connectivity index (χ0v) is 13.0. The molecule has 2 aromatic rings. The summed E-state index contributed by atoms with van der Waals surface area (Å²) in [4.78, 5) is 0. The van der Waals surface area contributed by atoms with Crippen LogP contribution in [0.4, 0.5) is 5.69 Å². The molecule has 0 atom stereocenters. The number of sulfonamides is 1. The fourth-order valence-electron chi connectivity index (χ4n) is 2.07. The van der Waals surface area contributed by atoms with Crippen molar-refractivity contribution in [3.8, 4) is 17.2 Å². The first kappa shape index (κ1) is 14.0. The van der Waals surface area contributed by atoms with E-state index in [9.17, 15) is 8.42 Å². The molecule has 0 saturated heterocycles. The number of hydrogen-bond acceptors (Lipinski definition) is 6. The smallest absolute Gasteiger partial charge is 0.271 e. The van der Waals surface area contributed by atoms with E-state index in [1.54, 1.807) is 30.5 Å². The summed E-state index contributed by atoms with van der Waals surface area (Å²) >= 11 is 1.15. The number of ether oxygens (including phenoxy) is 3. The molecular weight excluding hydrogens is 314 g/mol. The minimum atomic E-state index is -3.62. The summed E-state index contributed by atoms with van der Waals surface area (Å²) in [6.45, 7) is 1.85. The van der Waals surface area contributed by atoms with Crippen molar-refractivity contribution in [1.82, 2.24) is 0 Å². The van der Waals surface area contributed by atoms with Gasteiger partial charge in [0.15, 0.2) is 11.5 Å². The predicted molar refractivity (Wildman–Crippen MR) is 79.0 cm³/mol. The van der Waals surface area contributed by atoms with Crippen LogP contribution in [0.5, 0.6) is 17.2 Å². The summed E-state index contributed by atoms with van der Waals surface area (Å²) in [5, 5.41) is 1.71. The van der Waals surface area contributed by atoms with Gasteiger partial charge in [-0.2, -0.15) is 0 Å². The second kappa shape index (κ2) is 5.12. The first-order valence-corrected chi connectivity index (χ1v) is 8.42. The van der Waals surface area contributed by atoms with Crippen molar-refractivity contribution in [3.63, 3.8) is 0 Å². The molecule has 2 heterocycles. The standard InChI is InChI=1S/C13H13NO5S2/c1-8-9(14-21(15,16)11-4-3-5-20-11)6-10-13(12(8)17-2)19-7-18-10/h3-6,14H,7H2,1-2H3. The van der Waals surface area contributed by atoms with E-state index in [0.29, 0.717) is 28.5 Å². The van der Waals surface area contributed by atoms with Crippen molar-refractivity contribution in [1.29, 1.82) is 0 Å². The van der Waals surface area contributed by atoms with Crippen molar-refractivity contribution >= 4 is 27.0 Å². The highest BCUT2D eigenvalue weighted by Gasteiger charge is 2.25. The summed E-state index contributed by atoms with van der Waals surface area (Å²) in [5.74, 6) is 1.42. The predicted octanol–water partition coefficient (Wildman–Crippen LogP) is 2.59. The monoisotopic (exact) mass is 327 g/mol. The highest BCUT2D eigenvalue weighted by Crippen LogP contribution is 2.46. The number of nitrogens with one attached hydrogen (secondary N) is 1. The molecule has 21 heavy (non-hydrogen) atoms. The Morgan fingerprint density at radius 2 is 2.19 bits per heavy atom. The van der Waals surface area contributed by atoms with E-state index in [-0.39, 0.29) is 11.0 Å². The van der Waals surface area contributed by atoms with Gasteiger partial charge in [0.05, 0.1) is 12.8 Å². The van der Waals surface area contributed by atoms with Crippen LogP contribution in [0.15, 0.2) is 27.8 Å². The second-order valence-electron chi connectivity index (χ2n) is 4.35. The molecule has 1 aliphatic rings. The maximum Gasteiger partial charge on any atom is 0.271 e. The number of hydrogen-bond donors (Lipinski definition) is 1. The summed E-state index contributed by atoms with van der Waals surface area (Å²) in [5.41, 5.74) is 1.05. The second-order valence-corrected chi connectivity index (χ2v) is 7.21. The van der Waals surface area contributed by atoms with E-state index in [2.05, 4.69) is 4.72 Å². The van der Waals surface area contributed by atoms with Gasteiger partial charge in [0.2, 0.25) is 12.5 Å². The Balaban J connectivity index is 2.04. The van der Waals surface area contributed by atoms with Gasteiger partial charge in [-0.3, -0.25) is 4.72 Å². The number of rotatable bonds is 4. The summed E-state index contributed by atoms with van der Waals surface area (Å²) < 4.78 is 43.4. The van der Waals surface area contributed by atoms with Crippen LogP contribution in [0.3, 0.4) is 0 Å². The lowest BCUT2D eigenvalue weighted by Gasteiger charge is -2.14. The van der Waals surface area contributed by atoms with Crippen LogP contribution >= 0.6 is 11.3 Å². The van der Waals surface area contributed by atoms with Crippen LogP contribution < -0.4 is 18.9 Å². The largest absolute Gasteiger partial charge is 0.492 e. The van der Waals surface area contributed by atoms with E-state index in [4.69, 9.17) is 14.2 Å². The molecule has 3 rings (SSSR count). The van der Waals surface area contributed by atoms with E-state index >= 15 is 0 Å². The number of anilines is 1. The molecule has 1 aromatic heterocycles. The highest BCUT2D eigenvalue weighted by atomic mass is 32.2. The number of benzene rings is 1. The summed E-state index contributed by atoms with van der Waals surface area (Å²) in [6, 6.07) is 4.84. The minimum absolute atomic E-state index is 0.0895. The van der Waals surface area contributed by atoms with Gasteiger partial charge in [0.25, 0.3) is 10.0 Å². The molecule has 0 aliphatic carbocycles. The lowest BCUT2D eigenvalue weighted by atomic mass is 10.1. The number of thiophene rings is 1. The van der Waals surface area contributed by atoms with E-state index in [1.165, 1.54) is 7.11 Å². The molecule has 0 radical (unpaired) electrons. The number of methoxy groups -OCH3 is 1. The van der Waals surface area contributed by atoms with Crippen molar-refractivity contribution in [2.45, 2.75) is 11.1 Å². The zero-order valence-electron chi connectivity index (χ0n) is 11.4.